The standard InChI is InChI=1S/C14H24N2/c1-3-12(2)16-11-14(15)10-9-13-7-5-4-6-8-13/h4-8,12,14,16H,3,9-11,15H2,1-2H3. The minimum Gasteiger partial charge on any atom is -0.327 e. The molecule has 0 spiro atoms. The van der Waals surface area contributed by atoms with Gasteiger partial charge in [-0.1, -0.05) is 37.3 Å². The maximum atomic E-state index is 6.06. The van der Waals surface area contributed by atoms with Gasteiger partial charge in [0.05, 0.1) is 0 Å². The van der Waals surface area contributed by atoms with Crippen LogP contribution in [0.4, 0.5) is 0 Å². The summed E-state index contributed by atoms with van der Waals surface area (Å²) in [6.45, 7) is 5.30. The van der Waals surface area contributed by atoms with Gasteiger partial charge in [-0.25, -0.2) is 0 Å². The van der Waals surface area contributed by atoms with Crippen LogP contribution in [0.1, 0.15) is 32.3 Å². The van der Waals surface area contributed by atoms with Crippen molar-refractivity contribution in [2.75, 3.05) is 6.54 Å². The van der Waals surface area contributed by atoms with Gasteiger partial charge in [0, 0.05) is 18.6 Å². The van der Waals surface area contributed by atoms with Crippen molar-refractivity contribution in [2.45, 2.75) is 45.2 Å². The summed E-state index contributed by atoms with van der Waals surface area (Å²) in [5, 5.41) is 3.44. The maximum Gasteiger partial charge on any atom is 0.0168 e. The van der Waals surface area contributed by atoms with E-state index in [2.05, 4.69) is 43.4 Å². The number of nitrogens with one attached hydrogen (secondary N) is 1. The Morgan fingerprint density at radius 2 is 1.94 bits per heavy atom. The van der Waals surface area contributed by atoms with E-state index in [-0.39, 0.29) is 6.04 Å². The molecule has 1 aromatic carbocycles. The highest BCUT2D eigenvalue weighted by molar-refractivity contribution is 5.14. The second-order valence-corrected chi connectivity index (χ2v) is 4.50. The van der Waals surface area contributed by atoms with Gasteiger partial charge in [0.2, 0.25) is 0 Å². The highest BCUT2D eigenvalue weighted by Gasteiger charge is 2.04. The van der Waals surface area contributed by atoms with E-state index >= 15 is 0 Å². The van der Waals surface area contributed by atoms with Gasteiger partial charge in [-0.15, -0.1) is 0 Å². The van der Waals surface area contributed by atoms with E-state index in [4.69, 9.17) is 5.73 Å². The van der Waals surface area contributed by atoms with Gasteiger partial charge in [-0.2, -0.15) is 0 Å². The topological polar surface area (TPSA) is 38.0 Å². The van der Waals surface area contributed by atoms with Crippen LogP contribution in [0.15, 0.2) is 30.3 Å². The molecule has 1 rings (SSSR count). The summed E-state index contributed by atoms with van der Waals surface area (Å²) in [7, 11) is 0. The van der Waals surface area contributed by atoms with E-state index in [0.29, 0.717) is 6.04 Å². The normalized spacial score (nSPS) is 14.7. The highest BCUT2D eigenvalue weighted by atomic mass is 14.9. The molecule has 0 amide bonds. The van der Waals surface area contributed by atoms with E-state index in [1.807, 2.05) is 6.07 Å². The summed E-state index contributed by atoms with van der Waals surface area (Å²) in [5.74, 6) is 0. The van der Waals surface area contributed by atoms with Crippen molar-refractivity contribution in [1.82, 2.24) is 5.32 Å². The number of hydrogen-bond donors (Lipinski definition) is 2. The van der Waals surface area contributed by atoms with Crippen LogP contribution in [0, 0.1) is 0 Å². The maximum absolute atomic E-state index is 6.06. The Kier molecular flexibility index (Phi) is 6.12. The number of aryl methyl sites for hydroxylation is 1. The lowest BCUT2D eigenvalue weighted by Gasteiger charge is -2.16. The van der Waals surface area contributed by atoms with Gasteiger partial charge in [0.25, 0.3) is 0 Å². The van der Waals surface area contributed by atoms with Crippen LogP contribution in [-0.2, 0) is 6.42 Å². The zero-order valence-corrected chi connectivity index (χ0v) is 10.4. The molecule has 2 heteroatoms. The van der Waals surface area contributed by atoms with Gasteiger partial charge in [0.1, 0.15) is 0 Å². The van der Waals surface area contributed by atoms with E-state index in [1.54, 1.807) is 0 Å². The van der Waals surface area contributed by atoms with Crippen molar-refractivity contribution in [3.05, 3.63) is 35.9 Å². The lowest BCUT2D eigenvalue weighted by atomic mass is 10.1. The molecular formula is C14H24N2. The first kappa shape index (κ1) is 13.2. The molecule has 0 aliphatic carbocycles. The molecule has 0 aromatic heterocycles. The molecular weight excluding hydrogens is 196 g/mol. The molecule has 2 atom stereocenters. The fourth-order valence-corrected chi connectivity index (χ4v) is 1.60. The molecule has 2 nitrogen and oxygen atoms in total. The van der Waals surface area contributed by atoms with Gasteiger partial charge in [-0.3, -0.25) is 0 Å². The van der Waals surface area contributed by atoms with Crippen molar-refractivity contribution in [2.24, 2.45) is 5.73 Å². The zero-order valence-electron chi connectivity index (χ0n) is 10.4. The second-order valence-electron chi connectivity index (χ2n) is 4.50. The lowest BCUT2D eigenvalue weighted by Crippen LogP contribution is -2.38. The Morgan fingerprint density at radius 1 is 1.25 bits per heavy atom. The molecule has 2 unspecified atom stereocenters. The second kappa shape index (κ2) is 7.42. The molecule has 0 heterocycles. The Hall–Kier alpha value is -0.860. The molecule has 0 saturated heterocycles. The van der Waals surface area contributed by atoms with E-state index in [1.165, 1.54) is 5.56 Å². The molecule has 0 aliphatic rings. The third kappa shape index (κ3) is 5.29. The van der Waals surface area contributed by atoms with Crippen LogP contribution in [0.3, 0.4) is 0 Å². The largest absolute Gasteiger partial charge is 0.327 e. The molecule has 0 bridgehead atoms. The van der Waals surface area contributed by atoms with Crippen molar-refractivity contribution in [3.8, 4) is 0 Å². The lowest BCUT2D eigenvalue weighted by molar-refractivity contribution is 0.478. The number of rotatable bonds is 7. The third-order valence-corrected chi connectivity index (χ3v) is 2.99. The zero-order chi connectivity index (χ0) is 11.8. The van der Waals surface area contributed by atoms with Crippen molar-refractivity contribution in [3.63, 3.8) is 0 Å². The van der Waals surface area contributed by atoms with Crippen molar-refractivity contribution < 1.29 is 0 Å². The van der Waals surface area contributed by atoms with Gasteiger partial charge < -0.3 is 11.1 Å². The number of nitrogens with two attached hydrogens (primary N) is 1. The van der Waals surface area contributed by atoms with Gasteiger partial charge >= 0.3 is 0 Å². The van der Waals surface area contributed by atoms with Crippen LogP contribution in [0.25, 0.3) is 0 Å². The molecule has 90 valence electrons. The molecule has 3 N–H and O–H groups in total. The minimum absolute atomic E-state index is 0.259. The molecule has 0 radical (unpaired) electrons. The number of benzene rings is 1. The summed E-state index contributed by atoms with van der Waals surface area (Å²) >= 11 is 0. The first-order valence-corrected chi connectivity index (χ1v) is 6.25. The summed E-state index contributed by atoms with van der Waals surface area (Å²) < 4.78 is 0. The average molecular weight is 220 g/mol. The van der Waals surface area contributed by atoms with E-state index in [0.717, 1.165) is 25.8 Å². The fraction of sp³-hybridized carbons (Fsp3) is 0.571. The molecule has 1 aromatic rings. The first-order chi connectivity index (χ1) is 7.72. The predicted molar refractivity (Wildman–Crippen MR) is 70.5 cm³/mol. The van der Waals surface area contributed by atoms with Crippen molar-refractivity contribution >= 4 is 0 Å². The average Bonchev–Trinajstić information content (AvgIpc) is 2.34. The molecule has 0 saturated carbocycles. The summed E-state index contributed by atoms with van der Waals surface area (Å²) in [6.07, 6.45) is 3.28. The van der Waals surface area contributed by atoms with Crippen molar-refractivity contribution in [1.29, 1.82) is 0 Å². The van der Waals surface area contributed by atoms with Crippen LogP contribution in [0.2, 0.25) is 0 Å². The fourth-order valence-electron chi connectivity index (χ4n) is 1.60. The molecule has 16 heavy (non-hydrogen) atoms. The first-order valence-electron chi connectivity index (χ1n) is 6.25. The highest BCUT2D eigenvalue weighted by Crippen LogP contribution is 2.03. The van der Waals surface area contributed by atoms with Crippen LogP contribution >= 0.6 is 0 Å². The monoisotopic (exact) mass is 220 g/mol. The quantitative estimate of drug-likeness (QED) is 0.740. The molecule has 0 fully saturated rings. The van der Waals surface area contributed by atoms with E-state index < -0.39 is 0 Å². The Balaban J connectivity index is 2.18. The van der Waals surface area contributed by atoms with Gasteiger partial charge in [0.15, 0.2) is 0 Å². The predicted octanol–water partition coefficient (Wildman–Crippen LogP) is 2.33. The van der Waals surface area contributed by atoms with Crippen LogP contribution in [0.5, 0.6) is 0 Å². The van der Waals surface area contributed by atoms with Crippen LogP contribution in [-0.4, -0.2) is 18.6 Å². The summed E-state index contributed by atoms with van der Waals surface area (Å²) in [4.78, 5) is 0. The third-order valence-electron chi connectivity index (χ3n) is 2.99. The van der Waals surface area contributed by atoms with Crippen LogP contribution < -0.4 is 11.1 Å². The number of hydrogen-bond acceptors (Lipinski definition) is 2. The van der Waals surface area contributed by atoms with E-state index in [9.17, 15) is 0 Å². The Morgan fingerprint density at radius 3 is 2.56 bits per heavy atom. The minimum atomic E-state index is 0.259. The summed E-state index contributed by atoms with van der Waals surface area (Å²) in [6, 6.07) is 11.4. The smallest absolute Gasteiger partial charge is 0.0168 e. The summed E-state index contributed by atoms with van der Waals surface area (Å²) in [5.41, 5.74) is 7.44. The molecule has 0 aliphatic heterocycles. The Labute approximate surface area is 99.2 Å². The van der Waals surface area contributed by atoms with Gasteiger partial charge in [-0.05, 0) is 31.7 Å². The Bertz CT molecular complexity index is 271. The SMILES string of the molecule is CCC(C)NCC(N)CCc1ccccc1.